The Morgan fingerprint density at radius 1 is 1.17 bits per heavy atom. The third kappa shape index (κ3) is 9.51. The van der Waals surface area contributed by atoms with Crippen molar-refractivity contribution in [1.82, 2.24) is 15.2 Å². The van der Waals surface area contributed by atoms with Crippen LogP contribution in [0, 0.1) is 6.42 Å². The average Bonchev–Trinajstić information content (AvgIpc) is 3.02. The van der Waals surface area contributed by atoms with Crippen LogP contribution in [0.3, 0.4) is 0 Å². The van der Waals surface area contributed by atoms with Crippen molar-refractivity contribution in [2.45, 2.75) is 83.3 Å². The number of anilines is 1. The summed E-state index contributed by atoms with van der Waals surface area (Å²) in [7, 11) is 1.40. The van der Waals surface area contributed by atoms with E-state index in [2.05, 4.69) is 67.9 Å². The highest BCUT2D eigenvalue weighted by atomic mass is 35.5. The average molecular weight is 686 g/mol. The van der Waals surface area contributed by atoms with Crippen LogP contribution in [0.4, 0.5) is 10.5 Å². The highest BCUT2D eigenvalue weighted by molar-refractivity contribution is 6.74. The van der Waals surface area contributed by atoms with Crippen LogP contribution in [-0.4, -0.2) is 69.3 Å². The molecule has 47 heavy (non-hydrogen) atoms. The molecular weight excluding hydrogens is 636 g/mol. The molecule has 1 fully saturated rings. The molecule has 1 radical (unpaired) electrons. The van der Waals surface area contributed by atoms with E-state index >= 15 is 0 Å². The number of hydrogen-bond acceptors (Lipinski definition) is 8. The van der Waals surface area contributed by atoms with Crippen LogP contribution >= 0.6 is 11.6 Å². The van der Waals surface area contributed by atoms with Crippen molar-refractivity contribution in [1.29, 1.82) is 0 Å². The number of fused-ring (bicyclic) bond motifs is 1. The SMILES string of the molecule is COc1cc(NC(=O)OCCN(C)C2CC[CH]CC2)c(Cl)cc1CNC[C@@H](O[Si](C)(C)C(C)(C)C)c1ccc(O)c2[nH]c(=O)ccc12. The number of H-pyrrole nitrogens is 1. The molecule has 1 atom stereocenters. The summed E-state index contributed by atoms with van der Waals surface area (Å²) in [6.45, 7) is 12.7. The fourth-order valence-electron chi connectivity index (χ4n) is 5.60. The predicted molar refractivity (Wildman–Crippen MR) is 191 cm³/mol. The van der Waals surface area contributed by atoms with Crippen LogP contribution in [0.2, 0.25) is 23.2 Å². The van der Waals surface area contributed by atoms with Gasteiger partial charge in [0, 0.05) is 48.8 Å². The van der Waals surface area contributed by atoms with E-state index in [1.54, 1.807) is 31.4 Å². The number of phenols is 1. The fraction of sp³-hybridized carbons (Fsp3) is 0.514. The van der Waals surface area contributed by atoms with Gasteiger partial charge in [0.25, 0.3) is 0 Å². The summed E-state index contributed by atoms with van der Waals surface area (Å²) in [4.78, 5) is 29.6. The van der Waals surface area contributed by atoms with E-state index in [0.717, 1.165) is 42.2 Å². The van der Waals surface area contributed by atoms with Crippen molar-refractivity contribution in [3.63, 3.8) is 0 Å². The van der Waals surface area contributed by atoms with Crippen LogP contribution in [0.1, 0.15) is 63.7 Å². The van der Waals surface area contributed by atoms with E-state index in [9.17, 15) is 14.7 Å². The molecule has 3 aromatic rings. The number of aromatic hydroxyl groups is 1. The van der Waals surface area contributed by atoms with E-state index < -0.39 is 14.4 Å². The minimum Gasteiger partial charge on any atom is -0.506 e. The van der Waals surface area contributed by atoms with Gasteiger partial charge in [0.2, 0.25) is 5.56 Å². The second kappa shape index (κ2) is 15.9. The topological polar surface area (TPSA) is 125 Å². The fourth-order valence-corrected chi connectivity index (χ4v) is 7.11. The number of nitrogens with one attached hydrogen (secondary N) is 3. The Balaban J connectivity index is 1.44. The van der Waals surface area contributed by atoms with E-state index in [1.165, 1.54) is 6.07 Å². The Hall–Kier alpha value is -3.09. The highest BCUT2D eigenvalue weighted by Gasteiger charge is 2.39. The number of ether oxygens (including phenoxy) is 2. The molecule has 1 aliphatic carbocycles. The third-order valence-electron chi connectivity index (χ3n) is 9.46. The first-order chi connectivity index (χ1) is 22.2. The van der Waals surface area contributed by atoms with E-state index in [-0.39, 0.29) is 29.1 Å². The number of aromatic nitrogens is 1. The number of amides is 1. The number of likely N-dealkylation sites (N-methyl/N-ethyl adjacent to an activating group) is 1. The maximum atomic E-state index is 12.6. The Morgan fingerprint density at radius 2 is 1.89 bits per heavy atom. The molecule has 2 aromatic carbocycles. The monoisotopic (exact) mass is 685 g/mol. The summed E-state index contributed by atoms with van der Waals surface area (Å²) in [5.41, 5.74) is 2.15. The van der Waals surface area contributed by atoms with Gasteiger partial charge >= 0.3 is 6.09 Å². The van der Waals surface area contributed by atoms with Crippen LogP contribution < -0.4 is 20.9 Å². The molecule has 0 saturated heterocycles. The molecular formula is C35H50ClN4O6Si. The van der Waals surface area contributed by atoms with Gasteiger partial charge in [-0.05, 0) is 81.0 Å². The van der Waals surface area contributed by atoms with Gasteiger partial charge in [0.15, 0.2) is 8.32 Å². The number of phenolic OH excluding ortho intramolecular Hbond substituents is 1. The highest BCUT2D eigenvalue weighted by Crippen LogP contribution is 2.41. The molecule has 12 heteroatoms. The molecule has 1 aliphatic rings. The largest absolute Gasteiger partial charge is 0.506 e. The molecule has 10 nitrogen and oxygen atoms in total. The quantitative estimate of drug-likeness (QED) is 0.137. The summed E-state index contributed by atoms with van der Waals surface area (Å²) in [5.74, 6) is 0.559. The summed E-state index contributed by atoms with van der Waals surface area (Å²) < 4.78 is 18.0. The number of nitrogens with zero attached hydrogens (tertiary/aromatic N) is 1. The first-order valence-corrected chi connectivity index (χ1v) is 19.5. The summed E-state index contributed by atoms with van der Waals surface area (Å²) in [6, 6.07) is 10.6. The lowest BCUT2D eigenvalue weighted by Crippen LogP contribution is -2.43. The van der Waals surface area contributed by atoms with Crippen LogP contribution in [0.5, 0.6) is 11.5 Å². The molecule has 1 amide bonds. The molecule has 0 bridgehead atoms. The van der Waals surface area contributed by atoms with Crippen molar-refractivity contribution in [2.24, 2.45) is 0 Å². The Labute approximate surface area is 284 Å². The lowest BCUT2D eigenvalue weighted by molar-refractivity contribution is 0.126. The zero-order chi connectivity index (χ0) is 34.4. The number of benzene rings is 2. The van der Waals surface area contributed by atoms with E-state index in [1.807, 2.05) is 6.07 Å². The summed E-state index contributed by atoms with van der Waals surface area (Å²) in [6.07, 6.45) is 5.92. The smallest absolute Gasteiger partial charge is 0.411 e. The van der Waals surface area contributed by atoms with E-state index in [0.29, 0.717) is 47.7 Å². The van der Waals surface area contributed by atoms with Gasteiger partial charge in [0.05, 0.1) is 29.4 Å². The molecule has 1 heterocycles. The number of carbonyl (C=O) groups is 1. The molecule has 4 rings (SSSR count). The zero-order valence-corrected chi connectivity index (χ0v) is 30.4. The predicted octanol–water partition coefficient (Wildman–Crippen LogP) is 7.38. The van der Waals surface area contributed by atoms with E-state index in [4.69, 9.17) is 25.5 Å². The maximum Gasteiger partial charge on any atom is 0.411 e. The van der Waals surface area contributed by atoms with Crippen molar-refractivity contribution < 1.29 is 23.8 Å². The number of methoxy groups -OCH3 is 1. The van der Waals surface area contributed by atoms with Crippen molar-refractivity contribution >= 4 is 42.6 Å². The minimum absolute atomic E-state index is 0.00288. The van der Waals surface area contributed by atoms with Crippen molar-refractivity contribution in [2.75, 3.05) is 39.2 Å². The molecule has 1 saturated carbocycles. The van der Waals surface area contributed by atoms with Gasteiger partial charge < -0.3 is 34.2 Å². The second-order valence-corrected chi connectivity index (χ2v) is 18.9. The Morgan fingerprint density at radius 3 is 2.57 bits per heavy atom. The summed E-state index contributed by atoms with van der Waals surface area (Å²) in [5, 5.41) is 17.8. The number of pyridine rings is 1. The van der Waals surface area contributed by atoms with Gasteiger partial charge in [-0.1, -0.05) is 38.4 Å². The van der Waals surface area contributed by atoms with Crippen LogP contribution in [0.25, 0.3) is 10.9 Å². The van der Waals surface area contributed by atoms with Gasteiger partial charge in [-0.25, -0.2) is 4.79 Å². The number of hydrogen-bond donors (Lipinski definition) is 4. The van der Waals surface area contributed by atoms with Crippen molar-refractivity contribution in [3.8, 4) is 11.5 Å². The van der Waals surface area contributed by atoms with Crippen LogP contribution in [-0.2, 0) is 15.7 Å². The van der Waals surface area contributed by atoms with Crippen molar-refractivity contribution in [3.05, 3.63) is 69.3 Å². The van der Waals surface area contributed by atoms with Gasteiger partial charge in [-0.2, -0.15) is 0 Å². The van der Waals surface area contributed by atoms with Gasteiger partial charge in [-0.15, -0.1) is 0 Å². The van der Waals surface area contributed by atoms with Gasteiger partial charge in [0.1, 0.15) is 18.1 Å². The number of rotatable bonds is 13. The number of aromatic amines is 1. The maximum absolute atomic E-state index is 12.6. The number of halogens is 1. The molecule has 0 unspecified atom stereocenters. The minimum atomic E-state index is -2.24. The molecule has 0 spiro atoms. The normalized spacial score (nSPS) is 15.2. The lowest BCUT2D eigenvalue weighted by atomic mass is 9.94. The van der Waals surface area contributed by atoms with Crippen LogP contribution in [0.15, 0.2) is 41.2 Å². The molecule has 257 valence electrons. The first kappa shape index (κ1) is 36.7. The Bertz CT molecular complexity index is 1580. The Kier molecular flexibility index (Phi) is 12.4. The molecule has 1 aromatic heterocycles. The van der Waals surface area contributed by atoms with Gasteiger partial charge in [-0.3, -0.25) is 10.1 Å². The summed E-state index contributed by atoms with van der Waals surface area (Å²) >= 11 is 6.62. The zero-order valence-electron chi connectivity index (χ0n) is 28.7. The molecule has 4 N–H and O–H groups in total. The third-order valence-corrected chi connectivity index (χ3v) is 14.3. The second-order valence-electron chi connectivity index (χ2n) is 13.8. The lowest BCUT2D eigenvalue weighted by Gasteiger charge is -2.39. The first-order valence-electron chi connectivity index (χ1n) is 16.3. The number of carbonyl (C=O) groups excluding carboxylic acids is 1. The molecule has 0 aliphatic heterocycles. The standard InChI is InChI=1S/C35H50ClN4O6Si/c1-35(2,3)47(6,7)46-31(25-13-15-29(41)33-26(25)14-16-32(42)39-33)22-37-21-23-19-27(36)28(20-30(23)44-5)38-34(43)45-18-17-40(4)24-11-9-8-10-12-24/h8,13-16,19-20,24,31,37,41H,9-12,17-18,21-22H2,1-7H3,(H,38,43)(H,39,42)/t31-/m1/s1.